The van der Waals surface area contributed by atoms with Gasteiger partial charge in [0.2, 0.25) is 0 Å². The zero-order chi connectivity index (χ0) is 12.5. The summed E-state index contributed by atoms with van der Waals surface area (Å²) >= 11 is 1.69. The van der Waals surface area contributed by atoms with E-state index in [9.17, 15) is 0 Å². The maximum Gasteiger partial charge on any atom is 0.0970 e. The molecule has 2 rings (SSSR count). The number of nitrogens with two attached hydrogens (primary N) is 1. The summed E-state index contributed by atoms with van der Waals surface area (Å²) in [6, 6.07) is 0. The summed E-state index contributed by atoms with van der Waals surface area (Å²) in [7, 11) is 0. The molecule has 2 aromatic rings. The average Bonchev–Trinajstić information content (AvgIpc) is 2.85. The molecule has 2 N–H and O–H groups in total. The van der Waals surface area contributed by atoms with Gasteiger partial charge in [-0.25, -0.2) is 9.97 Å². The summed E-state index contributed by atoms with van der Waals surface area (Å²) in [5.74, 6) is 0.380. The Morgan fingerprint density at radius 2 is 2.29 bits per heavy atom. The van der Waals surface area contributed by atoms with Crippen molar-refractivity contribution in [1.82, 2.24) is 14.5 Å². The van der Waals surface area contributed by atoms with Crippen molar-refractivity contribution in [3.63, 3.8) is 0 Å². The normalized spacial score (nSPS) is 13.9. The first-order valence-corrected chi connectivity index (χ1v) is 6.55. The van der Waals surface area contributed by atoms with Crippen LogP contribution in [0.15, 0.2) is 24.1 Å². The average molecular weight is 250 g/mol. The van der Waals surface area contributed by atoms with Crippen molar-refractivity contribution in [2.45, 2.75) is 38.8 Å². The third-order valence-electron chi connectivity index (χ3n) is 2.72. The van der Waals surface area contributed by atoms with E-state index < -0.39 is 0 Å². The van der Waals surface area contributed by atoms with Crippen molar-refractivity contribution in [1.29, 1.82) is 0 Å². The standard InChI is InChI=1S/C12H18N4S/c1-9(11-15-4-5-17-11)7-16-8-14-6-10(16)12(2,3)13/h4-6,8-9H,7,13H2,1-3H3. The maximum atomic E-state index is 6.12. The molecule has 0 aliphatic carbocycles. The summed E-state index contributed by atoms with van der Waals surface area (Å²) in [5.41, 5.74) is 6.82. The number of imidazole rings is 1. The van der Waals surface area contributed by atoms with Crippen LogP contribution in [0.1, 0.15) is 37.4 Å². The largest absolute Gasteiger partial charge is 0.332 e. The van der Waals surface area contributed by atoms with Crippen molar-refractivity contribution >= 4 is 11.3 Å². The van der Waals surface area contributed by atoms with E-state index in [-0.39, 0.29) is 5.54 Å². The zero-order valence-electron chi connectivity index (χ0n) is 10.4. The lowest BCUT2D eigenvalue weighted by atomic mass is 10.0. The molecule has 0 aliphatic heterocycles. The van der Waals surface area contributed by atoms with Crippen molar-refractivity contribution in [3.8, 4) is 0 Å². The van der Waals surface area contributed by atoms with Crippen LogP contribution in [0.3, 0.4) is 0 Å². The van der Waals surface area contributed by atoms with E-state index >= 15 is 0 Å². The SMILES string of the molecule is CC(Cn1cncc1C(C)(C)N)c1nccs1. The molecule has 4 nitrogen and oxygen atoms in total. The number of thiazole rings is 1. The number of hydrogen-bond acceptors (Lipinski definition) is 4. The van der Waals surface area contributed by atoms with Crippen molar-refractivity contribution < 1.29 is 0 Å². The summed E-state index contributed by atoms with van der Waals surface area (Å²) in [6.07, 6.45) is 5.53. The minimum atomic E-state index is -0.362. The highest BCUT2D eigenvalue weighted by molar-refractivity contribution is 7.09. The molecule has 0 bridgehead atoms. The van der Waals surface area contributed by atoms with Crippen LogP contribution in [-0.2, 0) is 12.1 Å². The lowest BCUT2D eigenvalue weighted by Crippen LogP contribution is -2.32. The second-order valence-electron chi connectivity index (χ2n) is 4.92. The molecule has 2 aromatic heterocycles. The summed E-state index contributed by atoms with van der Waals surface area (Å²) in [6.45, 7) is 7.03. The van der Waals surface area contributed by atoms with E-state index in [0.29, 0.717) is 5.92 Å². The molecular formula is C12H18N4S. The Morgan fingerprint density at radius 1 is 1.53 bits per heavy atom. The number of nitrogens with zero attached hydrogens (tertiary/aromatic N) is 3. The van der Waals surface area contributed by atoms with Crippen molar-refractivity contribution in [2.24, 2.45) is 5.73 Å². The van der Waals surface area contributed by atoms with Crippen LogP contribution in [0.2, 0.25) is 0 Å². The Kier molecular flexibility index (Phi) is 3.31. The lowest BCUT2D eigenvalue weighted by molar-refractivity contribution is 0.474. The van der Waals surface area contributed by atoms with Crippen LogP contribution in [0.4, 0.5) is 0 Å². The molecule has 2 heterocycles. The van der Waals surface area contributed by atoms with E-state index in [2.05, 4.69) is 21.5 Å². The van der Waals surface area contributed by atoms with Crippen LogP contribution in [-0.4, -0.2) is 14.5 Å². The molecule has 5 heteroatoms. The fourth-order valence-electron chi connectivity index (χ4n) is 1.85. The highest BCUT2D eigenvalue weighted by Crippen LogP contribution is 2.23. The Balaban J connectivity index is 2.17. The van der Waals surface area contributed by atoms with Gasteiger partial charge in [0.25, 0.3) is 0 Å². The van der Waals surface area contributed by atoms with Crippen molar-refractivity contribution in [3.05, 3.63) is 34.8 Å². The predicted molar refractivity (Wildman–Crippen MR) is 70.0 cm³/mol. The van der Waals surface area contributed by atoms with Gasteiger partial charge >= 0.3 is 0 Å². The molecule has 1 atom stereocenters. The second-order valence-corrected chi connectivity index (χ2v) is 5.85. The van der Waals surface area contributed by atoms with Gasteiger partial charge in [0.05, 0.1) is 22.6 Å². The first kappa shape index (κ1) is 12.3. The number of rotatable bonds is 4. The van der Waals surface area contributed by atoms with Gasteiger partial charge in [-0.1, -0.05) is 6.92 Å². The van der Waals surface area contributed by atoms with E-state index in [1.165, 1.54) is 0 Å². The lowest BCUT2D eigenvalue weighted by Gasteiger charge is -2.22. The van der Waals surface area contributed by atoms with Gasteiger partial charge in [-0.15, -0.1) is 11.3 Å². The van der Waals surface area contributed by atoms with E-state index in [4.69, 9.17) is 5.73 Å². The van der Waals surface area contributed by atoms with E-state index in [0.717, 1.165) is 17.2 Å². The quantitative estimate of drug-likeness (QED) is 0.906. The Morgan fingerprint density at radius 3 is 2.88 bits per heavy atom. The highest BCUT2D eigenvalue weighted by Gasteiger charge is 2.20. The van der Waals surface area contributed by atoms with Gasteiger partial charge in [0.15, 0.2) is 0 Å². The molecule has 0 saturated heterocycles. The van der Waals surface area contributed by atoms with Crippen LogP contribution in [0.5, 0.6) is 0 Å². The molecular weight excluding hydrogens is 232 g/mol. The summed E-state index contributed by atoms with van der Waals surface area (Å²) in [4.78, 5) is 8.53. The molecule has 0 radical (unpaired) electrons. The molecule has 1 unspecified atom stereocenters. The van der Waals surface area contributed by atoms with Gasteiger partial charge in [0.1, 0.15) is 0 Å². The van der Waals surface area contributed by atoms with Crippen LogP contribution in [0.25, 0.3) is 0 Å². The molecule has 0 aliphatic rings. The number of hydrogen-bond donors (Lipinski definition) is 1. The first-order valence-electron chi connectivity index (χ1n) is 5.67. The fraction of sp³-hybridized carbons (Fsp3) is 0.500. The van der Waals surface area contributed by atoms with Crippen molar-refractivity contribution in [2.75, 3.05) is 0 Å². The van der Waals surface area contributed by atoms with Gasteiger partial charge in [-0.3, -0.25) is 0 Å². The van der Waals surface area contributed by atoms with Gasteiger partial charge in [0, 0.05) is 30.2 Å². The first-order chi connectivity index (χ1) is 7.98. The van der Waals surface area contributed by atoms with E-state index in [1.54, 1.807) is 11.3 Å². The minimum Gasteiger partial charge on any atom is -0.332 e. The maximum absolute atomic E-state index is 6.12. The van der Waals surface area contributed by atoms with Gasteiger partial charge in [-0.05, 0) is 13.8 Å². The third-order valence-corrected chi connectivity index (χ3v) is 3.72. The second kappa shape index (κ2) is 4.58. The highest BCUT2D eigenvalue weighted by atomic mass is 32.1. The van der Waals surface area contributed by atoms with Gasteiger partial charge < -0.3 is 10.3 Å². The third kappa shape index (κ3) is 2.73. The molecule has 0 aromatic carbocycles. The fourth-order valence-corrected chi connectivity index (χ4v) is 2.54. The summed E-state index contributed by atoms with van der Waals surface area (Å²) < 4.78 is 2.12. The summed E-state index contributed by atoms with van der Waals surface area (Å²) in [5, 5.41) is 3.16. The number of aromatic nitrogens is 3. The van der Waals surface area contributed by atoms with Gasteiger partial charge in [-0.2, -0.15) is 0 Å². The van der Waals surface area contributed by atoms with Crippen LogP contribution < -0.4 is 5.73 Å². The topological polar surface area (TPSA) is 56.7 Å². The molecule has 0 amide bonds. The Hall–Kier alpha value is -1.20. The molecule has 0 fully saturated rings. The smallest absolute Gasteiger partial charge is 0.0970 e. The van der Waals surface area contributed by atoms with Crippen LogP contribution in [0, 0.1) is 0 Å². The van der Waals surface area contributed by atoms with E-state index in [1.807, 2.05) is 37.9 Å². The van der Waals surface area contributed by atoms with Crippen LogP contribution >= 0.6 is 11.3 Å². The predicted octanol–water partition coefficient (Wildman–Crippen LogP) is 2.34. The molecule has 0 spiro atoms. The Labute approximate surface area is 106 Å². The monoisotopic (exact) mass is 250 g/mol. The molecule has 0 saturated carbocycles. The molecule has 92 valence electrons. The minimum absolute atomic E-state index is 0.362. The molecule has 17 heavy (non-hydrogen) atoms. The Bertz CT molecular complexity index is 467. The zero-order valence-corrected chi connectivity index (χ0v) is 11.2.